The van der Waals surface area contributed by atoms with Crippen LogP contribution in [0.15, 0.2) is 40.9 Å². The number of hydrogen-bond acceptors (Lipinski definition) is 4. The summed E-state index contributed by atoms with van der Waals surface area (Å²) in [6.07, 6.45) is 2.52. The van der Waals surface area contributed by atoms with Crippen molar-refractivity contribution >= 4 is 32.6 Å². The topological polar surface area (TPSA) is 56.8 Å². The number of nitrogens with one attached hydrogen (secondary N) is 1. The molecule has 0 saturated carbocycles. The van der Waals surface area contributed by atoms with Crippen molar-refractivity contribution in [2.75, 3.05) is 13.2 Å². The number of carbonyl (C=O) groups excluding carboxylic acids is 1. The molecule has 1 fully saturated rings. The first-order valence-electron chi connectivity index (χ1n) is 7.59. The third-order valence-corrected chi connectivity index (χ3v) is 4.08. The molecule has 122 valence electrons. The summed E-state index contributed by atoms with van der Waals surface area (Å²) in [6.45, 7) is 0.568. The fourth-order valence-electron chi connectivity index (χ4n) is 2.40. The molecule has 1 N–H and O–H groups in total. The molecule has 5 nitrogen and oxygen atoms in total. The van der Waals surface area contributed by atoms with E-state index >= 15 is 0 Å². The molecule has 0 unspecified atom stereocenters. The molecule has 1 aliphatic heterocycles. The van der Waals surface area contributed by atoms with Gasteiger partial charge in [0.2, 0.25) is 0 Å². The Morgan fingerprint density at radius 1 is 1.22 bits per heavy atom. The van der Waals surface area contributed by atoms with Gasteiger partial charge in [0, 0.05) is 17.5 Å². The number of ether oxygens (including phenoxy) is 2. The molecule has 3 rings (SSSR count). The fraction of sp³-hybridized carbons (Fsp3) is 0.353. The smallest absolute Gasteiger partial charge is 0.281 e. The highest BCUT2D eigenvalue weighted by Gasteiger charge is 2.15. The van der Waals surface area contributed by atoms with Crippen LogP contribution < -0.4 is 10.2 Å². The van der Waals surface area contributed by atoms with Gasteiger partial charge in [-0.05, 0) is 47.9 Å². The van der Waals surface area contributed by atoms with Gasteiger partial charge in [0.15, 0.2) is 12.9 Å². The number of halogens is 1. The Morgan fingerprint density at radius 2 is 2.04 bits per heavy atom. The second kappa shape index (κ2) is 7.77. The van der Waals surface area contributed by atoms with Gasteiger partial charge in [-0.3, -0.25) is 4.79 Å². The van der Waals surface area contributed by atoms with Crippen molar-refractivity contribution in [2.24, 2.45) is 0 Å². The average molecular weight is 380 g/mol. The maximum absolute atomic E-state index is 11.7. The van der Waals surface area contributed by atoms with Gasteiger partial charge < -0.3 is 9.47 Å². The molecular weight excluding hydrogens is 362 g/mol. The maximum atomic E-state index is 11.7. The molecule has 2 aromatic carbocycles. The molecular formula is C17H18BrNO4. The van der Waals surface area contributed by atoms with Gasteiger partial charge in [0.25, 0.3) is 5.91 Å². The SMILES string of the molecule is O=C(COc1ccc2cc(Br)ccc2c1)NO[C@H]1CCCCO1. The van der Waals surface area contributed by atoms with Crippen molar-refractivity contribution in [3.8, 4) is 5.75 Å². The van der Waals surface area contributed by atoms with Crippen molar-refractivity contribution in [1.82, 2.24) is 5.48 Å². The average Bonchev–Trinajstić information content (AvgIpc) is 2.59. The molecule has 2 aromatic rings. The van der Waals surface area contributed by atoms with Crippen LogP contribution in [-0.2, 0) is 14.4 Å². The Bertz CT molecular complexity index is 685. The van der Waals surface area contributed by atoms with E-state index in [1.54, 1.807) is 0 Å². The minimum atomic E-state index is -0.355. The Labute approximate surface area is 143 Å². The zero-order valence-corrected chi connectivity index (χ0v) is 14.2. The molecule has 1 saturated heterocycles. The Balaban J connectivity index is 1.49. The zero-order chi connectivity index (χ0) is 16.1. The standard InChI is InChI=1S/C17H18BrNO4/c18-14-6-4-13-10-15(7-5-12(13)9-14)22-11-16(20)19-23-17-3-1-2-8-21-17/h4-7,9-10,17H,1-3,8,11H2,(H,19,20)/t17-/m0/s1. The Morgan fingerprint density at radius 3 is 2.87 bits per heavy atom. The first kappa shape index (κ1) is 16.2. The highest BCUT2D eigenvalue weighted by Crippen LogP contribution is 2.24. The molecule has 0 bridgehead atoms. The van der Waals surface area contributed by atoms with E-state index in [0.717, 1.165) is 34.5 Å². The van der Waals surface area contributed by atoms with E-state index in [1.807, 2.05) is 36.4 Å². The quantitative estimate of drug-likeness (QED) is 0.806. The lowest BCUT2D eigenvalue weighted by Gasteiger charge is -2.22. The molecule has 1 aliphatic rings. The molecule has 0 spiro atoms. The van der Waals surface area contributed by atoms with Crippen LogP contribution in [0.2, 0.25) is 0 Å². The maximum Gasteiger partial charge on any atom is 0.281 e. The lowest BCUT2D eigenvalue weighted by Crippen LogP contribution is -2.35. The largest absolute Gasteiger partial charge is 0.484 e. The van der Waals surface area contributed by atoms with E-state index in [1.165, 1.54) is 0 Å². The highest BCUT2D eigenvalue weighted by atomic mass is 79.9. The molecule has 0 aromatic heterocycles. The predicted molar refractivity (Wildman–Crippen MR) is 90.0 cm³/mol. The van der Waals surface area contributed by atoms with Crippen LogP contribution in [0.5, 0.6) is 5.75 Å². The van der Waals surface area contributed by atoms with Crippen LogP contribution in [-0.4, -0.2) is 25.4 Å². The van der Waals surface area contributed by atoms with E-state index in [4.69, 9.17) is 14.3 Å². The number of benzene rings is 2. The van der Waals surface area contributed by atoms with E-state index < -0.39 is 0 Å². The van der Waals surface area contributed by atoms with Crippen molar-refractivity contribution in [3.05, 3.63) is 40.9 Å². The second-order valence-electron chi connectivity index (χ2n) is 5.38. The number of amides is 1. The van der Waals surface area contributed by atoms with Gasteiger partial charge in [0.05, 0.1) is 0 Å². The molecule has 1 atom stereocenters. The molecule has 1 amide bonds. The van der Waals surface area contributed by atoms with Crippen LogP contribution in [0.1, 0.15) is 19.3 Å². The summed E-state index contributed by atoms with van der Waals surface area (Å²) in [5.74, 6) is 0.305. The van der Waals surface area contributed by atoms with Gasteiger partial charge in [-0.2, -0.15) is 0 Å². The first-order chi connectivity index (χ1) is 11.2. The van der Waals surface area contributed by atoms with Crippen LogP contribution in [0.25, 0.3) is 10.8 Å². The summed E-state index contributed by atoms with van der Waals surface area (Å²) in [5.41, 5.74) is 2.37. The zero-order valence-electron chi connectivity index (χ0n) is 12.6. The van der Waals surface area contributed by atoms with Crippen molar-refractivity contribution < 1.29 is 19.1 Å². The fourth-order valence-corrected chi connectivity index (χ4v) is 2.78. The number of carbonyl (C=O) groups is 1. The number of fused-ring (bicyclic) bond motifs is 1. The van der Waals surface area contributed by atoms with Crippen LogP contribution in [0.3, 0.4) is 0 Å². The summed E-state index contributed by atoms with van der Waals surface area (Å²) in [5, 5.41) is 2.16. The molecule has 0 radical (unpaired) electrons. The number of rotatable bonds is 5. The number of hydroxylamine groups is 1. The van der Waals surface area contributed by atoms with Gasteiger partial charge in [-0.25, -0.2) is 10.3 Å². The summed E-state index contributed by atoms with van der Waals surface area (Å²) >= 11 is 3.44. The highest BCUT2D eigenvalue weighted by molar-refractivity contribution is 9.10. The Hall–Kier alpha value is -1.63. The first-order valence-corrected chi connectivity index (χ1v) is 8.38. The third-order valence-electron chi connectivity index (χ3n) is 3.59. The van der Waals surface area contributed by atoms with Crippen molar-refractivity contribution in [3.63, 3.8) is 0 Å². The molecule has 6 heteroatoms. The van der Waals surface area contributed by atoms with E-state index in [-0.39, 0.29) is 18.8 Å². The minimum absolute atomic E-state index is 0.102. The molecule has 23 heavy (non-hydrogen) atoms. The lowest BCUT2D eigenvalue weighted by molar-refractivity contribution is -0.201. The minimum Gasteiger partial charge on any atom is -0.484 e. The second-order valence-corrected chi connectivity index (χ2v) is 6.30. The monoisotopic (exact) mass is 379 g/mol. The van der Waals surface area contributed by atoms with Gasteiger partial charge in [0.1, 0.15) is 5.75 Å². The molecule has 1 heterocycles. The summed E-state index contributed by atoms with van der Waals surface area (Å²) in [4.78, 5) is 17.0. The van der Waals surface area contributed by atoms with Crippen LogP contribution in [0, 0.1) is 0 Å². The summed E-state index contributed by atoms with van der Waals surface area (Å²) in [6, 6.07) is 11.7. The van der Waals surface area contributed by atoms with E-state index in [2.05, 4.69) is 21.4 Å². The van der Waals surface area contributed by atoms with E-state index in [9.17, 15) is 4.79 Å². The normalized spacial score (nSPS) is 17.9. The Kier molecular flexibility index (Phi) is 5.48. The summed E-state index contributed by atoms with van der Waals surface area (Å²) in [7, 11) is 0. The van der Waals surface area contributed by atoms with E-state index in [0.29, 0.717) is 12.4 Å². The van der Waals surface area contributed by atoms with Crippen molar-refractivity contribution in [2.45, 2.75) is 25.6 Å². The number of hydrogen-bond donors (Lipinski definition) is 1. The summed E-state index contributed by atoms with van der Waals surface area (Å²) < 4.78 is 11.9. The van der Waals surface area contributed by atoms with Gasteiger partial charge >= 0.3 is 0 Å². The predicted octanol–water partition coefficient (Wildman–Crippen LogP) is 3.56. The van der Waals surface area contributed by atoms with Crippen molar-refractivity contribution in [1.29, 1.82) is 0 Å². The van der Waals surface area contributed by atoms with Gasteiger partial charge in [-0.1, -0.05) is 28.1 Å². The van der Waals surface area contributed by atoms with Crippen LogP contribution >= 0.6 is 15.9 Å². The third kappa shape index (κ3) is 4.67. The lowest BCUT2D eigenvalue weighted by atomic mass is 10.1. The van der Waals surface area contributed by atoms with Crippen LogP contribution in [0.4, 0.5) is 0 Å². The van der Waals surface area contributed by atoms with Gasteiger partial charge in [-0.15, -0.1) is 0 Å². The molecule has 0 aliphatic carbocycles.